The molecule has 0 spiro atoms. The summed E-state index contributed by atoms with van der Waals surface area (Å²) in [7, 11) is 0. The van der Waals surface area contributed by atoms with Crippen molar-refractivity contribution < 1.29 is 9.63 Å². The molecular formula is C20H26N8O2. The van der Waals surface area contributed by atoms with Gasteiger partial charge < -0.3 is 25.8 Å². The molecule has 30 heavy (non-hydrogen) atoms. The molecule has 2 aromatic heterocycles. The highest BCUT2D eigenvalue weighted by Crippen LogP contribution is 2.24. The number of rotatable bonds is 7. The standard InChI is InChI=1S/C20H26N8O2/c1-14(29)27-9-11-28(12-10-27)16-4-2-15(3-5-16)23-20-24-18-17(6-8-22-18)19(25-20)26-30-13-7-21/h2-6,8H,7,9-13,21H2,1H3,(H3,22,23,24,25,26). The summed E-state index contributed by atoms with van der Waals surface area (Å²) in [6.07, 6.45) is 1.80. The maximum atomic E-state index is 11.5. The Morgan fingerprint density at radius 1 is 1.17 bits per heavy atom. The van der Waals surface area contributed by atoms with Gasteiger partial charge in [-0.25, -0.2) is 5.48 Å². The Bertz CT molecular complexity index is 996. The highest BCUT2D eigenvalue weighted by molar-refractivity contribution is 5.88. The van der Waals surface area contributed by atoms with E-state index in [9.17, 15) is 4.79 Å². The molecule has 1 aliphatic rings. The van der Waals surface area contributed by atoms with Crippen LogP contribution in [0.1, 0.15) is 6.92 Å². The van der Waals surface area contributed by atoms with Crippen LogP contribution in [0.15, 0.2) is 36.5 Å². The summed E-state index contributed by atoms with van der Waals surface area (Å²) in [5.74, 6) is 1.15. The minimum atomic E-state index is 0.135. The Morgan fingerprint density at radius 2 is 1.93 bits per heavy atom. The van der Waals surface area contributed by atoms with Crippen LogP contribution in [0, 0.1) is 0 Å². The topological polar surface area (TPSA) is 124 Å². The molecule has 0 saturated carbocycles. The molecule has 0 bridgehead atoms. The number of aromatic nitrogens is 3. The molecule has 10 heteroatoms. The van der Waals surface area contributed by atoms with E-state index in [-0.39, 0.29) is 5.91 Å². The first-order valence-electron chi connectivity index (χ1n) is 9.94. The number of carbonyl (C=O) groups excluding carboxylic acids is 1. The number of nitrogens with zero attached hydrogens (tertiary/aromatic N) is 4. The van der Waals surface area contributed by atoms with E-state index < -0.39 is 0 Å². The molecule has 0 aliphatic carbocycles. The average molecular weight is 410 g/mol. The maximum Gasteiger partial charge on any atom is 0.231 e. The van der Waals surface area contributed by atoms with Gasteiger partial charge in [-0.05, 0) is 30.3 Å². The molecule has 3 heterocycles. The van der Waals surface area contributed by atoms with E-state index in [2.05, 4.69) is 42.8 Å². The fraction of sp³-hybridized carbons (Fsp3) is 0.350. The number of piperazine rings is 1. The largest absolute Gasteiger partial charge is 0.368 e. The lowest BCUT2D eigenvalue weighted by molar-refractivity contribution is -0.129. The summed E-state index contributed by atoms with van der Waals surface area (Å²) < 4.78 is 0. The van der Waals surface area contributed by atoms with Crippen molar-refractivity contribution in [3.8, 4) is 0 Å². The molecule has 1 aromatic carbocycles. The quantitative estimate of drug-likeness (QED) is 0.342. The van der Waals surface area contributed by atoms with E-state index in [1.165, 1.54) is 0 Å². The predicted octanol–water partition coefficient (Wildman–Crippen LogP) is 1.67. The zero-order valence-electron chi connectivity index (χ0n) is 16.9. The summed E-state index contributed by atoms with van der Waals surface area (Å²) in [5.41, 5.74) is 11.0. The van der Waals surface area contributed by atoms with E-state index >= 15 is 0 Å². The maximum absolute atomic E-state index is 11.5. The van der Waals surface area contributed by atoms with Gasteiger partial charge in [0.1, 0.15) is 5.65 Å². The molecule has 0 unspecified atom stereocenters. The normalized spacial score (nSPS) is 14.2. The lowest BCUT2D eigenvalue weighted by atomic mass is 10.2. The van der Waals surface area contributed by atoms with Gasteiger partial charge >= 0.3 is 0 Å². The first-order valence-corrected chi connectivity index (χ1v) is 9.94. The van der Waals surface area contributed by atoms with Crippen molar-refractivity contribution >= 4 is 40.1 Å². The van der Waals surface area contributed by atoms with Gasteiger partial charge in [0.25, 0.3) is 0 Å². The van der Waals surface area contributed by atoms with Gasteiger partial charge in [0, 0.05) is 57.2 Å². The van der Waals surface area contributed by atoms with Crippen molar-refractivity contribution in [3.05, 3.63) is 36.5 Å². The number of hydrogen-bond donors (Lipinski definition) is 4. The second-order valence-corrected chi connectivity index (χ2v) is 7.04. The van der Waals surface area contributed by atoms with E-state index in [0.29, 0.717) is 30.6 Å². The van der Waals surface area contributed by atoms with Gasteiger partial charge in [0.2, 0.25) is 11.9 Å². The van der Waals surface area contributed by atoms with Crippen LogP contribution in [0.2, 0.25) is 0 Å². The molecular weight excluding hydrogens is 384 g/mol. The third-order valence-corrected chi connectivity index (χ3v) is 5.02. The molecule has 10 nitrogen and oxygen atoms in total. The highest BCUT2D eigenvalue weighted by Gasteiger charge is 2.18. The second kappa shape index (κ2) is 8.97. The number of nitrogens with one attached hydrogen (secondary N) is 3. The minimum Gasteiger partial charge on any atom is -0.368 e. The smallest absolute Gasteiger partial charge is 0.231 e. The van der Waals surface area contributed by atoms with Gasteiger partial charge in [0.15, 0.2) is 5.82 Å². The molecule has 1 saturated heterocycles. The number of aromatic amines is 1. The molecule has 3 aromatic rings. The lowest BCUT2D eigenvalue weighted by Gasteiger charge is -2.35. The van der Waals surface area contributed by atoms with Crippen LogP contribution >= 0.6 is 0 Å². The summed E-state index contributed by atoms with van der Waals surface area (Å²) >= 11 is 0. The van der Waals surface area contributed by atoms with E-state index in [1.54, 1.807) is 13.1 Å². The molecule has 5 N–H and O–H groups in total. The Balaban J connectivity index is 1.44. The number of hydrogen-bond acceptors (Lipinski definition) is 8. The molecule has 0 atom stereocenters. The second-order valence-electron chi connectivity index (χ2n) is 7.04. The van der Waals surface area contributed by atoms with Crippen LogP contribution in [-0.2, 0) is 9.63 Å². The van der Waals surface area contributed by atoms with Gasteiger partial charge in [-0.2, -0.15) is 9.97 Å². The number of anilines is 4. The zero-order chi connectivity index (χ0) is 20.9. The first kappa shape index (κ1) is 19.9. The van der Waals surface area contributed by atoms with Crippen molar-refractivity contribution in [1.29, 1.82) is 0 Å². The number of carbonyl (C=O) groups is 1. The number of benzene rings is 1. The minimum absolute atomic E-state index is 0.135. The molecule has 4 rings (SSSR count). The van der Waals surface area contributed by atoms with Gasteiger partial charge in [-0.15, -0.1) is 0 Å². The SMILES string of the molecule is CC(=O)N1CCN(c2ccc(Nc3nc(NOCCN)c4cc[nH]c4n3)cc2)CC1. The van der Waals surface area contributed by atoms with Gasteiger partial charge in [-0.1, -0.05) is 0 Å². The van der Waals surface area contributed by atoms with Gasteiger partial charge in [0.05, 0.1) is 12.0 Å². The van der Waals surface area contributed by atoms with E-state index in [0.717, 1.165) is 42.9 Å². The molecule has 158 valence electrons. The number of amides is 1. The zero-order valence-corrected chi connectivity index (χ0v) is 16.9. The number of nitrogens with two attached hydrogens (primary N) is 1. The first-order chi connectivity index (χ1) is 14.6. The molecule has 1 aliphatic heterocycles. The van der Waals surface area contributed by atoms with Crippen molar-refractivity contribution in [2.24, 2.45) is 5.73 Å². The number of fused-ring (bicyclic) bond motifs is 1. The Labute approximate surface area is 174 Å². The lowest BCUT2D eigenvalue weighted by Crippen LogP contribution is -2.48. The Morgan fingerprint density at radius 3 is 2.63 bits per heavy atom. The van der Waals surface area contributed by atoms with Crippen molar-refractivity contribution in [2.45, 2.75) is 6.92 Å². The summed E-state index contributed by atoms with van der Waals surface area (Å²) in [5, 5.41) is 4.07. The van der Waals surface area contributed by atoms with Crippen molar-refractivity contribution in [1.82, 2.24) is 19.9 Å². The molecule has 0 radical (unpaired) electrons. The van der Waals surface area contributed by atoms with Crippen molar-refractivity contribution in [3.63, 3.8) is 0 Å². The fourth-order valence-corrected chi connectivity index (χ4v) is 3.42. The molecule has 1 amide bonds. The van der Waals surface area contributed by atoms with Crippen LogP contribution in [0.5, 0.6) is 0 Å². The van der Waals surface area contributed by atoms with Crippen LogP contribution < -0.4 is 21.4 Å². The third kappa shape index (κ3) is 4.44. The van der Waals surface area contributed by atoms with Crippen LogP contribution in [0.3, 0.4) is 0 Å². The Hall–Kier alpha value is -3.37. The van der Waals surface area contributed by atoms with Crippen LogP contribution in [0.25, 0.3) is 11.0 Å². The highest BCUT2D eigenvalue weighted by atomic mass is 16.6. The average Bonchev–Trinajstić information content (AvgIpc) is 3.23. The monoisotopic (exact) mass is 410 g/mol. The fourth-order valence-electron chi connectivity index (χ4n) is 3.42. The summed E-state index contributed by atoms with van der Waals surface area (Å²) in [6.45, 7) is 5.57. The predicted molar refractivity (Wildman–Crippen MR) is 117 cm³/mol. The third-order valence-electron chi connectivity index (χ3n) is 5.02. The van der Waals surface area contributed by atoms with Crippen LogP contribution in [-0.4, -0.2) is 65.1 Å². The summed E-state index contributed by atoms with van der Waals surface area (Å²) in [6, 6.07) is 9.98. The Kier molecular flexibility index (Phi) is 5.96. The van der Waals surface area contributed by atoms with Gasteiger partial charge in [-0.3, -0.25) is 9.63 Å². The summed E-state index contributed by atoms with van der Waals surface area (Å²) in [4.78, 5) is 33.1. The van der Waals surface area contributed by atoms with E-state index in [4.69, 9.17) is 10.6 Å². The molecule has 1 fully saturated rings. The van der Waals surface area contributed by atoms with Crippen molar-refractivity contribution in [2.75, 3.05) is 55.0 Å². The van der Waals surface area contributed by atoms with Crippen LogP contribution in [0.4, 0.5) is 23.1 Å². The number of H-pyrrole nitrogens is 1. The van der Waals surface area contributed by atoms with E-state index in [1.807, 2.05) is 23.1 Å².